The normalized spacial score (nSPS) is 21.5. The molecule has 0 radical (unpaired) electrons. The summed E-state index contributed by atoms with van der Waals surface area (Å²) in [6.07, 6.45) is 5.67. The van der Waals surface area contributed by atoms with Gasteiger partial charge in [-0.15, -0.1) is 0 Å². The van der Waals surface area contributed by atoms with Gasteiger partial charge < -0.3 is 10.6 Å². The molecule has 1 aliphatic rings. The maximum Gasteiger partial charge on any atom is 0.233 e. The van der Waals surface area contributed by atoms with Crippen LogP contribution in [0.25, 0.3) is 0 Å². The Morgan fingerprint density at radius 3 is 2.50 bits per heavy atom. The summed E-state index contributed by atoms with van der Waals surface area (Å²) in [7, 11) is 0. The quantitative estimate of drug-likeness (QED) is 0.833. The molecule has 1 saturated carbocycles. The number of halogens is 1. The molecular formula is C20H31FN2O. The molecule has 2 rings (SSSR count). The Kier molecular flexibility index (Phi) is 6.79. The van der Waals surface area contributed by atoms with Gasteiger partial charge in [0.1, 0.15) is 5.82 Å². The first-order valence-corrected chi connectivity index (χ1v) is 9.11. The van der Waals surface area contributed by atoms with E-state index in [0.29, 0.717) is 25.0 Å². The Balaban J connectivity index is 1.71. The summed E-state index contributed by atoms with van der Waals surface area (Å²) in [5.41, 5.74) is 1.31. The highest BCUT2D eigenvalue weighted by molar-refractivity contribution is 5.78. The molecule has 1 amide bonds. The van der Waals surface area contributed by atoms with E-state index in [0.717, 1.165) is 18.4 Å². The molecule has 3 nitrogen and oxygen atoms in total. The Morgan fingerprint density at radius 2 is 1.83 bits per heavy atom. The molecule has 2 N–H and O–H groups in total. The zero-order valence-corrected chi connectivity index (χ0v) is 15.2. The highest BCUT2D eigenvalue weighted by Crippen LogP contribution is 2.37. The van der Waals surface area contributed by atoms with E-state index in [2.05, 4.69) is 31.4 Å². The lowest BCUT2D eigenvalue weighted by molar-refractivity contribution is -0.120. The molecule has 2 atom stereocenters. The topological polar surface area (TPSA) is 41.1 Å². The molecule has 0 aliphatic heterocycles. The van der Waals surface area contributed by atoms with Crippen molar-refractivity contribution in [3.63, 3.8) is 0 Å². The number of carbonyl (C=O) groups is 1. The van der Waals surface area contributed by atoms with Crippen molar-refractivity contribution < 1.29 is 9.18 Å². The van der Waals surface area contributed by atoms with Gasteiger partial charge in [0.25, 0.3) is 0 Å². The predicted octanol–water partition coefficient (Wildman–Crippen LogP) is 3.68. The van der Waals surface area contributed by atoms with Gasteiger partial charge in [-0.2, -0.15) is 0 Å². The van der Waals surface area contributed by atoms with Crippen molar-refractivity contribution in [3.05, 3.63) is 35.6 Å². The Labute approximate surface area is 145 Å². The zero-order valence-electron chi connectivity index (χ0n) is 15.2. The van der Waals surface area contributed by atoms with Crippen LogP contribution in [-0.4, -0.2) is 25.0 Å². The van der Waals surface area contributed by atoms with Gasteiger partial charge in [0.15, 0.2) is 0 Å². The monoisotopic (exact) mass is 334 g/mol. The molecule has 134 valence electrons. The van der Waals surface area contributed by atoms with Gasteiger partial charge in [0.05, 0.1) is 6.54 Å². The van der Waals surface area contributed by atoms with Crippen molar-refractivity contribution in [2.75, 3.05) is 13.1 Å². The summed E-state index contributed by atoms with van der Waals surface area (Å²) >= 11 is 0. The van der Waals surface area contributed by atoms with Gasteiger partial charge in [-0.05, 0) is 48.3 Å². The first-order chi connectivity index (χ1) is 11.4. The Hall–Kier alpha value is -1.42. The third kappa shape index (κ3) is 5.90. The van der Waals surface area contributed by atoms with E-state index >= 15 is 0 Å². The van der Waals surface area contributed by atoms with Gasteiger partial charge in [-0.1, -0.05) is 45.7 Å². The minimum absolute atomic E-state index is 0.0374. The number of nitrogens with one attached hydrogen (secondary N) is 2. The molecule has 4 heteroatoms. The molecule has 0 aromatic heterocycles. The highest BCUT2D eigenvalue weighted by Gasteiger charge is 2.33. The molecule has 1 fully saturated rings. The summed E-state index contributed by atoms with van der Waals surface area (Å²) in [5, 5.41) is 6.42. The zero-order chi connectivity index (χ0) is 17.6. The maximum absolute atomic E-state index is 12.9. The van der Waals surface area contributed by atoms with Gasteiger partial charge >= 0.3 is 0 Å². The van der Waals surface area contributed by atoms with E-state index in [4.69, 9.17) is 0 Å². The smallest absolute Gasteiger partial charge is 0.233 e. The number of carbonyl (C=O) groups excluding carboxylic acids is 1. The summed E-state index contributed by atoms with van der Waals surface area (Å²) in [4.78, 5) is 12.1. The fraction of sp³-hybridized carbons (Fsp3) is 0.650. The third-order valence-electron chi connectivity index (χ3n) is 5.05. The molecule has 24 heavy (non-hydrogen) atoms. The molecule has 1 aromatic carbocycles. The average Bonchev–Trinajstić information content (AvgIpc) is 2.54. The van der Waals surface area contributed by atoms with E-state index < -0.39 is 0 Å². The summed E-state index contributed by atoms with van der Waals surface area (Å²) in [5.74, 6) is 0.432. The first-order valence-electron chi connectivity index (χ1n) is 9.11. The van der Waals surface area contributed by atoms with E-state index in [1.165, 1.54) is 31.4 Å². The minimum Gasteiger partial charge on any atom is -0.355 e. The van der Waals surface area contributed by atoms with Crippen molar-refractivity contribution >= 4 is 5.91 Å². The van der Waals surface area contributed by atoms with Crippen LogP contribution < -0.4 is 10.6 Å². The van der Waals surface area contributed by atoms with Crippen LogP contribution in [0.5, 0.6) is 0 Å². The van der Waals surface area contributed by atoms with Crippen molar-refractivity contribution in [2.24, 2.45) is 11.3 Å². The van der Waals surface area contributed by atoms with Crippen LogP contribution in [0.15, 0.2) is 24.3 Å². The molecule has 2 unspecified atom stereocenters. The SMILES string of the molecule is CC(C)(C)C1CCCCC1NCC(=O)NCCc1ccc(F)cc1. The molecule has 1 aromatic rings. The van der Waals surface area contributed by atoms with Crippen molar-refractivity contribution in [3.8, 4) is 0 Å². The second-order valence-corrected chi connectivity index (χ2v) is 7.97. The van der Waals surface area contributed by atoms with Crippen molar-refractivity contribution in [2.45, 2.75) is 58.9 Å². The summed E-state index contributed by atoms with van der Waals surface area (Å²) in [6.45, 7) is 7.83. The fourth-order valence-electron chi connectivity index (χ4n) is 3.70. The first kappa shape index (κ1) is 18.9. The minimum atomic E-state index is -0.229. The number of hydrogen-bond acceptors (Lipinski definition) is 2. The molecule has 0 saturated heterocycles. The van der Waals surface area contributed by atoms with Crippen LogP contribution in [0.3, 0.4) is 0 Å². The van der Waals surface area contributed by atoms with E-state index in [-0.39, 0.29) is 17.1 Å². The van der Waals surface area contributed by atoms with Gasteiger partial charge in [0.2, 0.25) is 5.91 Å². The molecule has 1 aliphatic carbocycles. The van der Waals surface area contributed by atoms with Crippen LogP contribution in [0.2, 0.25) is 0 Å². The van der Waals surface area contributed by atoms with Crippen molar-refractivity contribution in [1.82, 2.24) is 10.6 Å². The molecule has 0 spiro atoms. The predicted molar refractivity (Wildman–Crippen MR) is 96.3 cm³/mol. The highest BCUT2D eigenvalue weighted by atomic mass is 19.1. The third-order valence-corrected chi connectivity index (χ3v) is 5.05. The molecular weight excluding hydrogens is 303 g/mol. The number of hydrogen-bond donors (Lipinski definition) is 2. The lowest BCUT2D eigenvalue weighted by atomic mass is 9.69. The number of benzene rings is 1. The number of rotatable bonds is 6. The van der Waals surface area contributed by atoms with Crippen LogP contribution in [-0.2, 0) is 11.2 Å². The van der Waals surface area contributed by atoms with Crippen LogP contribution >= 0.6 is 0 Å². The van der Waals surface area contributed by atoms with Crippen LogP contribution in [0.1, 0.15) is 52.0 Å². The van der Waals surface area contributed by atoms with E-state index in [9.17, 15) is 9.18 Å². The van der Waals surface area contributed by atoms with Crippen molar-refractivity contribution in [1.29, 1.82) is 0 Å². The van der Waals surface area contributed by atoms with Gasteiger partial charge in [-0.25, -0.2) is 4.39 Å². The molecule has 0 heterocycles. The maximum atomic E-state index is 12.9. The summed E-state index contributed by atoms with van der Waals surface area (Å²) in [6, 6.07) is 6.86. The largest absolute Gasteiger partial charge is 0.355 e. The Bertz CT molecular complexity index is 521. The average molecular weight is 334 g/mol. The second-order valence-electron chi connectivity index (χ2n) is 7.97. The second kappa shape index (κ2) is 8.61. The van der Waals surface area contributed by atoms with Gasteiger partial charge in [-0.3, -0.25) is 4.79 Å². The van der Waals surface area contributed by atoms with E-state index in [1.807, 2.05) is 0 Å². The number of amides is 1. The van der Waals surface area contributed by atoms with Gasteiger partial charge in [0, 0.05) is 12.6 Å². The van der Waals surface area contributed by atoms with E-state index in [1.54, 1.807) is 12.1 Å². The van der Waals surface area contributed by atoms with Crippen LogP contribution in [0.4, 0.5) is 4.39 Å². The lowest BCUT2D eigenvalue weighted by Crippen LogP contribution is -2.47. The lowest BCUT2D eigenvalue weighted by Gasteiger charge is -2.40. The standard InChI is InChI=1S/C20H31FN2O/c1-20(2,3)17-6-4-5-7-18(17)23-14-19(24)22-13-12-15-8-10-16(21)11-9-15/h8-11,17-18,23H,4-7,12-14H2,1-3H3,(H,22,24). The Morgan fingerprint density at radius 1 is 1.17 bits per heavy atom. The fourth-order valence-corrected chi connectivity index (χ4v) is 3.70. The summed E-state index contributed by atoms with van der Waals surface area (Å²) < 4.78 is 12.9. The molecule has 0 bridgehead atoms. The van der Waals surface area contributed by atoms with Crippen LogP contribution in [0, 0.1) is 17.2 Å².